The molecule has 4 heteroatoms. The highest BCUT2D eigenvalue weighted by Gasteiger charge is 2.10. The molecule has 0 amide bonds. The van der Waals surface area contributed by atoms with Gasteiger partial charge in [-0.3, -0.25) is 0 Å². The van der Waals surface area contributed by atoms with E-state index in [-0.39, 0.29) is 0 Å². The molecule has 21 heavy (non-hydrogen) atoms. The van der Waals surface area contributed by atoms with Gasteiger partial charge in [0.15, 0.2) is 0 Å². The Labute approximate surface area is 130 Å². The van der Waals surface area contributed by atoms with Crippen molar-refractivity contribution in [1.82, 2.24) is 0 Å². The molecule has 2 aromatic carbocycles. The van der Waals surface area contributed by atoms with Crippen molar-refractivity contribution in [2.24, 2.45) is 0 Å². The van der Waals surface area contributed by atoms with Crippen LogP contribution in [-0.4, -0.2) is 13.1 Å². The third-order valence-electron chi connectivity index (χ3n) is 3.85. The molecule has 0 radical (unpaired) electrons. The Hall–Kier alpha value is -1.81. The summed E-state index contributed by atoms with van der Waals surface area (Å²) in [6.07, 6.45) is 3.98. The van der Waals surface area contributed by atoms with Crippen LogP contribution in [0.25, 0.3) is 0 Å². The first-order valence-electron chi connectivity index (χ1n) is 7.40. The maximum absolute atomic E-state index is 5.85. The number of hydrogen-bond acceptors (Lipinski definition) is 4. The molecule has 1 fully saturated rings. The number of nitrogen functional groups attached to an aromatic ring is 2. The van der Waals surface area contributed by atoms with E-state index in [0.717, 1.165) is 4.90 Å². The SMILES string of the molecule is Nc1ccc(Sc2ccc(N3CCCCC3)cc2)cc1N. The minimum absolute atomic E-state index is 0.639. The number of anilines is 3. The molecule has 4 N–H and O–H groups in total. The van der Waals surface area contributed by atoms with Gasteiger partial charge in [-0.2, -0.15) is 0 Å². The second-order valence-corrected chi connectivity index (χ2v) is 6.58. The zero-order valence-corrected chi connectivity index (χ0v) is 12.9. The Morgan fingerprint density at radius 1 is 0.762 bits per heavy atom. The maximum Gasteiger partial charge on any atom is 0.0559 e. The van der Waals surface area contributed by atoms with Gasteiger partial charge in [-0.15, -0.1) is 0 Å². The minimum Gasteiger partial charge on any atom is -0.397 e. The number of piperidine rings is 1. The molecule has 0 bridgehead atoms. The van der Waals surface area contributed by atoms with Gasteiger partial charge in [-0.05, 0) is 61.7 Å². The molecule has 0 atom stereocenters. The van der Waals surface area contributed by atoms with Crippen molar-refractivity contribution in [2.45, 2.75) is 29.1 Å². The average molecular weight is 299 g/mol. The quantitative estimate of drug-likeness (QED) is 0.841. The first-order valence-corrected chi connectivity index (χ1v) is 8.22. The Kier molecular flexibility index (Phi) is 4.25. The van der Waals surface area contributed by atoms with Gasteiger partial charge in [0.1, 0.15) is 0 Å². The van der Waals surface area contributed by atoms with Crippen molar-refractivity contribution in [1.29, 1.82) is 0 Å². The second-order valence-electron chi connectivity index (χ2n) is 5.43. The molecule has 1 aliphatic heterocycles. The third kappa shape index (κ3) is 3.45. The topological polar surface area (TPSA) is 55.3 Å². The van der Waals surface area contributed by atoms with E-state index in [9.17, 15) is 0 Å². The Bertz CT molecular complexity index is 604. The lowest BCUT2D eigenvalue weighted by atomic mass is 10.1. The summed E-state index contributed by atoms with van der Waals surface area (Å²) in [7, 11) is 0. The summed E-state index contributed by atoms with van der Waals surface area (Å²) in [6, 6.07) is 14.6. The van der Waals surface area contributed by atoms with Crippen LogP contribution in [0.1, 0.15) is 19.3 Å². The molecule has 0 spiro atoms. The van der Waals surface area contributed by atoms with Crippen LogP contribution < -0.4 is 16.4 Å². The molecule has 1 saturated heterocycles. The zero-order valence-electron chi connectivity index (χ0n) is 12.1. The number of rotatable bonds is 3. The normalized spacial score (nSPS) is 15.1. The van der Waals surface area contributed by atoms with Crippen LogP contribution in [0.4, 0.5) is 17.1 Å². The fourth-order valence-corrected chi connectivity index (χ4v) is 3.50. The van der Waals surface area contributed by atoms with E-state index in [0.29, 0.717) is 11.4 Å². The van der Waals surface area contributed by atoms with E-state index in [2.05, 4.69) is 29.2 Å². The highest BCUT2D eigenvalue weighted by molar-refractivity contribution is 7.99. The second kappa shape index (κ2) is 6.31. The molecule has 3 rings (SSSR count). The standard InChI is InChI=1S/C17H21N3S/c18-16-9-8-15(12-17(16)19)21-14-6-4-13(5-7-14)20-10-2-1-3-11-20/h4-9,12H,1-3,10-11,18-19H2. The molecule has 1 heterocycles. The van der Waals surface area contributed by atoms with E-state index in [1.165, 1.54) is 42.9 Å². The molecule has 0 unspecified atom stereocenters. The van der Waals surface area contributed by atoms with Crippen molar-refractivity contribution < 1.29 is 0 Å². The fraction of sp³-hybridized carbons (Fsp3) is 0.294. The van der Waals surface area contributed by atoms with Crippen molar-refractivity contribution in [3.63, 3.8) is 0 Å². The van der Waals surface area contributed by atoms with Crippen LogP contribution in [0.5, 0.6) is 0 Å². The van der Waals surface area contributed by atoms with Crippen LogP contribution in [0.15, 0.2) is 52.3 Å². The first kappa shape index (κ1) is 14.1. The number of nitrogens with zero attached hydrogens (tertiary/aromatic N) is 1. The summed E-state index contributed by atoms with van der Waals surface area (Å²) in [6.45, 7) is 2.36. The van der Waals surface area contributed by atoms with Gasteiger partial charge in [0.2, 0.25) is 0 Å². The molecule has 110 valence electrons. The molecule has 0 saturated carbocycles. The molecule has 2 aromatic rings. The Morgan fingerprint density at radius 2 is 1.43 bits per heavy atom. The predicted octanol–water partition coefficient (Wildman–Crippen LogP) is 3.99. The molecule has 0 aromatic heterocycles. The summed E-state index contributed by atoms with van der Waals surface area (Å²) >= 11 is 1.71. The Morgan fingerprint density at radius 3 is 2.10 bits per heavy atom. The monoisotopic (exact) mass is 299 g/mol. The Balaban J connectivity index is 1.70. The summed E-state index contributed by atoms with van der Waals surface area (Å²) in [5.74, 6) is 0. The lowest BCUT2D eigenvalue weighted by Crippen LogP contribution is -2.29. The summed E-state index contributed by atoms with van der Waals surface area (Å²) in [5.41, 5.74) is 14.2. The highest BCUT2D eigenvalue weighted by atomic mass is 32.2. The van der Waals surface area contributed by atoms with E-state index in [1.807, 2.05) is 18.2 Å². The van der Waals surface area contributed by atoms with Crippen molar-refractivity contribution >= 4 is 28.8 Å². The van der Waals surface area contributed by atoms with Gasteiger partial charge in [0.25, 0.3) is 0 Å². The average Bonchev–Trinajstić information content (AvgIpc) is 2.53. The van der Waals surface area contributed by atoms with Gasteiger partial charge in [0, 0.05) is 28.6 Å². The number of benzene rings is 2. The van der Waals surface area contributed by atoms with Gasteiger partial charge >= 0.3 is 0 Å². The van der Waals surface area contributed by atoms with E-state index >= 15 is 0 Å². The van der Waals surface area contributed by atoms with Gasteiger partial charge < -0.3 is 16.4 Å². The largest absolute Gasteiger partial charge is 0.397 e. The minimum atomic E-state index is 0.639. The van der Waals surface area contributed by atoms with Gasteiger partial charge in [-0.25, -0.2) is 0 Å². The van der Waals surface area contributed by atoms with Crippen LogP contribution in [0.2, 0.25) is 0 Å². The molecule has 0 aliphatic carbocycles. The number of hydrogen-bond donors (Lipinski definition) is 2. The summed E-state index contributed by atoms with van der Waals surface area (Å²) in [5, 5.41) is 0. The molecular formula is C17H21N3S. The highest BCUT2D eigenvalue weighted by Crippen LogP contribution is 2.32. The van der Waals surface area contributed by atoms with Crippen LogP contribution in [0.3, 0.4) is 0 Å². The smallest absolute Gasteiger partial charge is 0.0559 e. The molecule has 3 nitrogen and oxygen atoms in total. The lowest BCUT2D eigenvalue weighted by Gasteiger charge is -2.28. The van der Waals surface area contributed by atoms with E-state index < -0.39 is 0 Å². The lowest BCUT2D eigenvalue weighted by molar-refractivity contribution is 0.578. The van der Waals surface area contributed by atoms with Gasteiger partial charge in [0.05, 0.1) is 11.4 Å². The first-order chi connectivity index (χ1) is 10.2. The van der Waals surface area contributed by atoms with Gasteiger partial charge in [-0.1, -0.05) is 11.8 Å². The van der Waals surface area contributed by atoms with E-state index in [1.54, 1.807) is 11.8 Å². The van der Waals surface area contributed by atoms with Crippen LogP contribution >= 0.6 is 11.8 Å². The molecule has 1 aliphatic rings. The number of nitrogens with two attached hydrogens (primary N) is 2. The third-order valence-corrected chi connectivity index (χ3v) is 4.85. The van der Waals surface area contributed by atoms with Crippen molar-refractivity contribution in [3.8, 4) is 0 Å². The zero-order chi connectivity index (χ0) is 14.7. The maximum atomic E-state index is 5.85. The van der Waals surface area contributed by atoms with Crippen molar-refractivity contribution in [2.75, 3.05) is 29.5 Å². The van der Waals surface area contributed by atoms with Crippen molar-refractivity contribution in [3.05, 3.63) is 42.5 Å². The predicted molar refractivity (Wildman–Crippen MR) is 91.9 cm³/mol. The fourth-order valence-electron chi connectivity index (χ4n) is 2.63. The summed E-state index contributed by atoms with van der Waals surface area (Å²) < 4.78 is 0. The molecular weight excluding hydrogens is 278 g/mol. The summed E-state index contributed by atoms with van der Waals surface area (Å²) in [4.78, 5) is 4.81. The van der Waals surface area contributed by atoms with Crippen LogP contribution in [0, 0.1) is 0 Å². The van der Waals surface area contributed by atoms with Crippen LogP contribution in [-0.2, 0) is 0 Å². The van der Waals surface area contributed by atoms with E-state index in [4.69, 9.17) is 11.5 Å².